The molecule has 0 saturated heterocycles. The van der Waals surface area contributed by atoms with Crippen LogP contribution in [0.4, 0.5) is 8.78 Å². The predicted octanol–water partition coefficient (Wildman–Crippen LogP) is 4.15. The number of amides is 1. The highest BCUT2D eigenvalue weighted by Crippen LogP contribution is 2.42. The van der Waals surface area contributed by atoms with Crippen LogP contribution in [-0.4, -0.2) is 49.9 Å². The Morgan fingerprint density at radius 1 is 1.09 bits per heavy atom. The first-order valence-electron chi connectivity index (χ1n) is 10.6. The van der Waals surface area contributed by atoms with Crippen molar-refractivity contribution in [3.63, 3.8) is 0 Å². The SMILES string of the molecule is COC[C@@H](NC(=O)c1ccc(OC)nc1)C1CCC(c2ccnc(OC)c2C(F)F)CC1. The third-order valence-corrected chi connectivity index (χ3v) is 6.05. The van der Waals surface area contributed by atoms with Gasteiger partial charge in [0, 0.05) is 25.6 Å². The number of methoxy groups -OCH3 is 3. The maximum Gasteiger partial charge on any atom is 0.269 e. The Hall–Kier alpha value is -2.81. The molecule has 0 bridgehead atoms. The van der Waals surface area contributed by atoms with Gasteiger partial charge < -0.3 is 19.5 Å². The van der Waals surface area contributed by atoms with Crippen LogP contribution in [-0.2, 0) is 4.74 Å². The van der Waals surface area contributed by atoms with Crippen LogP contribution < -0.4 is 14.8 Å². The third kappa shape index (κ3) is 5.51. The fraction of sp³-hybridized carbons (Fsp3) is 0.522. The number of halogens is 2. The van der Waals surface area contributed by atoms with E-state index in [1.54, 1.807) is 25.3 Å². The first kappa shape index (κ1) is 23.8. The average Bonchev–Trinajstić information content (AvgIpc) is 2.83. The van der Waals surface area contributed by atoms with Crippen molar-refractivity contribution in [2.45, 2.75) is 44.1 Å². The van der Waals surface area contributed by atoms with Crippen molar-refractivity contribution in [1.29, 1.82) is 0 Å². The Labute approximate surface area is 186 Å². The number of ether oxygens (including phenoxy) is 3. The number of nitrogens with zero attached hydrogens (tertiary/aromatic N) is 2. The fourth-order valence-corrected chi connectivity index (χ4v) is 4.40. The molecule has 2 heterocycles. The summed E-state index contributed by atoms with van der Waals surface area (Å²) in [5, 5.41) is 3.05. The zero-order chi connectivity index (χ0) is 23.1. The molecule has 1 N–H and O–H groups in total. The van der Waals surface area contributed by atoms with Crippen molar-refractivity contribution < 1.29 is 27.8 Å². The van der Waals surface area contributed by atoms with Gasteiger partial charge in [0.25, 0.3) is 12.3 Å². The van der Waals surface area contributed by atoms with Crippen LogP contribution in [0.25, 0.3) is 0 Å². The summed E-state index contributed by atoms with van der Waals surface area (Å²) in [5.74, 6) is 0.363. The van der Waals surface area contributed by atoms with E-state index in [-0.39, 0.29) is 35.2 Å². The Balaban J connectivity index is 1.67. The summed E-state index contributed by atoms with van der Waals surface area (Å²) in [6, 6.07) is 4.77. The Morgan fingerprint density at radius 3 is 2.41 bits per heavy atom. The van der Waals surface area contributed by atoms with Crippen LogP contribution >= 0.6 is 0 Å². The molecule has 3 rings (SSSR count). The third-order valence-electron chi connectivity index (χ3n) is 6.05. The van der Waals surface area contributed by atoms with Crippen molar-refractivity contribution in [2.24, 2.45) is 5.92 Å². The lowest BCUT2D eigenvalue weighted by Crippen LogP contribution is -2.44. The smallest absolute Gasteiger partial charge is 0.269 e. The van der Waals surface area contributed by atoms with Gasteiger partial charge in [-0.1, -0.05) is 0 Å². The van der Waals surface area contributed by atoms with Gasteiger partial charge >= 0.3 is 0 Å². The number of pyridine rings is 2. The monoisotopic (exact) mass is 449 g/mol. The van der Waals surface area contributed by atoms with E-state index in [9.17, 15) is 13.6 Å². The van der Waals surface area contributed by atoms with Crippen molar-refractivity contribution in [3.8, 4) is 11.8 Å². The van der Waals surface area contributed by atoms with Crippen LogP contribution in [0.3, 0.4) is 0 Å². The minimum absolute atomic E-state index is 0.00293. The molecule has 1 aliphatic carbocycles. The number of alkyl halides is 2. The molecular formula is C23H29F2N3O4. The Morgan fingerprint density at radius 2 is 1.84 bits per heavy atom. The summed E-state index contributed by atoms with van der Waals surface area (Å²) >= 11 is 0. The summed E-state index contributed by atoms with van der Waals surface area (Å²) < 4.78 is 42.8. The van der Waals surface area contributed by atoms with Gasteiger partial charge in [-0.2, -0.15) is 0 Å². The van der Waals surface area contributed by atoms with Crippen LogP contribution in [0, 0.1) is 5.92 Å². The normalized spacial score (nSPS) is 19.4. The molecule has 0 aromatic carbocycles. The fourth-order valence-electron chi connectivity index (χ4n) is 4.40. The molecule has 0 radical (unpaired) electrons. The predicted molar refractivity (Wildman–Crippen MR) is 114 cm³/mol. The maximum absolute atomic E-state index is 13.7. The van der Waals surface area contributed by atoms with Crippen LogP contribution in [0.5, 0.6) is 11.8 Å². The number of hydrogen-bond acceptors (Lipinski definition) is 6. The van der Waals surface area contributed by atoms with Crippen LogP contribution in [0.1, 0.15) is 59.5 Å². The van der Waals surface area contributed by atoms with E-state index in [4.69, 9.17) is 14.2 Å². The van der Waals surface area contributed by atoms with Gasteiger partial charge in [0.05, 0.1) is 38.0 Å². The molecule has 9 heteroatoms. The number of aromatic nitrogens is 2. The van der Waals surface area contributed by atoms with Gasteiger partial charge in [-0.25, -0.2) is 18.7 Å². The lowest BCUT2D eigenvalue weighted by molar-refractivity contribution is 0.0816. The first-order chi connectivity index (χ1) is 15.5. The lowest BCUT2D eigenvalue weighted by Gasteiger charge is -2.35. The highest BCUT2D eigenvalue weighted by atomic mass is 19.3. The molecule has 174 valence electrons. The van der Waals surface area contributed by atoms with Crippen molar-refractivity contribution in [2.75, 3.05) is 27.9 Å². The molecule has 0 unspecified atom stereocenters. The largest absolute Gasteiger partial charge is 0.481 e. The van der Waals surface area contributed by atoms with Crippen LogP contribution in [0.2, 0.25) is 0 Å². The molecule has 1 atom stereocenters. The maximum atomic E-state index is 13.7. The summed E-state index contributed by atoms with van der Waals surface area (Å²) in [5.41, 5.74) is 0.917. The number of carbonyl (C=O) groups excluding carboxylic acids is 1. The number of nitrogens with one attached hydrogen (secondary N) is 1. The van der Waals surface area contributed by atoms with Gasteiger partial charge in [-0.05, 0) is 55.2 Å². The van der Waals surface area contributed by atoms with E-state index in [1.165, 1.54) is 26.6 Å². The highest BCUT2D eigenvalue weighted by Gasteiger charge is 2.32. The Kier molecular flexibility index (Phi) is 8.33. The van der Waals surface area contributed by atoms with E-state index < -0.39 is 6.43 Å². The number of rotatable bonds is 9. The zero-order valence-electron chi connectivity index (χ0n) is 18.5. The summed E-state index contributed by atoms with van der Waals surface area (Å²) in [7, 11) is 4.46. The molecule has 1 fully saturated rings. The highest BCUT2D eigenvalue weighted by molar-refractivity contribution is 5.94. The molecule has 1 aliphatic rings. The second-order valence-electron chi connectivity index (χ2n) is 7.86. The van der Waals surface area contributed by atoms with E-state index in [0.717, 1.165) is 25.7 Å². The molecule has 0 spiro atoms. The molecular weight excluding hydrogens is 420 g/mol. The average molecular weight is 449 g/mol. The molecule has 7 nitrogen and oxygen atoms in total. The molecule has 2 aromatic rings. The standard InChI is InChI=1S/C23H29F2N3O4/c1-30-13-18(28-22(29)16-8-9-19(31-2)27-12-16)15-6-4-14(5-7-15)17-10-11-26-23(32-3)20(17)21(24)25/h8-12,14-15,18,21H,4-7,13H2,1-3H3,(H,28,29)/t14?,15?,18-/m1/s1. The number of carbonyl (C=O) groups is 1. The zero-order valence-corrected chi connectivity index (χ0v) is 18.5. The molecule has 1 amide bonds. The molecule has 32 heavy (non-hydrogen) atoms. The van der Waals surface area contributed by atoms with Crippen molar-refractivity contribution in [1.82, 2.24) is 15.3 Å². The molecule has 2 aromatic heterocycles. The van der Waals surface area contributed by atoms with Gasteiger partial charge in [-0.15, -0.1) is 0 Å². The minimum atomic E-state index is -2.65. The van der Waals surface area contributed by atoms with Crippen molar-refractivity contribution >= 4 is 5.91 Å². The molecule has 1 saturated carbocycles. The van der Waals surface area contributed by atoms with Crippen molar-refractivity contribution in [3.05, 3.63) is 47.3 Å². The first-order valence-corrected chi connectivity index (χ1v) is 10.6. The van der Waals surface area contributed by atoms with Gasteiger partial charge in [-0.3, -0.25) is 4.79 Å². The second-order valence-corrected chi connectivity index (χ2v) is 7.86. The second kappa shape index (κ2) is 11.2. The van der Waals surface area contributed by atoms with Gasteiger partial charge in [0.1, 0.15) is 0 Å². The summed E-state index contributed by atoms with van der Waals surface area (Å²) in [6.45, 7) is 0.371. The minimum Gasteiger partial charge on any atom is -0.481 e. The van der Waals surface area contributed by atoms with Gasteiger partial charge in [0.15, 0.2) is 0 Å². The van der Waals surface area contributed by atoms with E-state index in [2.05, 4.69) is 15.3 Å². The van der Waals surface area contributed by atoms with Gasteiger partial charge in [0.2, 0.25) is 11.8 Å². The van der Waals surface area contributed by atoms with E-state index in [1.807, 2.05) is 0 Å². The topological polar surface area (TPSA) is 82.6 Å². The Bertz CT molecular complexity index is 887. The van der Waals surface area contributed by atoms with E-state index >= 15 is 0 Å². The summed E-state index contributed by atoms with van der Waals surface area (Å²) in [4.78, 5) is 20.7. The van der Waals surface area contributed by atoms with E-state index in [0.29, 0.717) is 23.6 Å². The lowest BCUT2D eigenvalue weighted by atomic mass is 9.75. The molecule has 0 aliphatic heterocycles. The number of hydrogen-bond donors (Lipinski definition) is 1. The quantitative estimate of drug-likeness (QED) is 0.619. The van der Waals surface area contributed by atoms with Crippen LogP contribution in [0.15, 0.2) is 30.6 Å². The summed E-state index contributed by atoms with van der Waals surface area (Å²) in [6.07, 6.45) is 3.38.